The minimum Gasteiger partial charge on any atom is -0.356 e. The Hall–Kier alpha value is -0.230. The van der Waals surface area contributed by atoms with Gasteiger partial charge in [0.15, 0.2) is 5.96 Å². The molecule has 118 valence electrons. The highest BCUT2D eigenvalue weighted by atomic mass is 32.2. The summed E-state index contributed by atoms with van der Waals surface area (Å²) in [5, 5.41) is 7.21. The molecule has 3 atom stereocenters. The Morgan fingerprint density at radius 2 is 2.25 bits per heavy atom. The summed E-state index contributed by atoms with van der Waals surface area (Å²) in [5.74, 6) is 2.84. The van der Waals surface area contributed by atoms with Crippen LogP contribution in [0.4, 0.5) is 0 Å². The zero-order chi connectivity index (χ0) is 14.8. The van der Waals surface area contributed by atoms with E-state index in [1.165, 1.54) is 5.75 Å². The quantitative estimate of drug-likeness (QED) is 0.428. The molecule has 0 aromatic heterocycles. The number of hydrogen-bond acceptors (Lipinski definition) is 3. The molecule has 0 amide bonds. The Kier molecular flexibility index (Phi) is 9.35. The van der Waals surface area contributed by atoms with Gasteiger partial charge in [-0.05, 0) is 37.7 Å². The van der Waals surface area contributed by atoms with Crippen molar-refractivity contribution in [3.63, 3.8) is 0 Å². The van der Waals surface area contributed by atoms with E-state index in [2.05, 4.69) is 21.9 Å². The van der Waals surface area contributed by atoms with Gasteiger partial charge in [-0.25, -0.2) is 0 Å². The summed E-state index contributed by atoms with van der Waals surface area (Å²) in [7, 11) is 1.15. The van der Waals surface area contributed by atoms with E-state index >= 15 is 0 Å². The predicted molar refractivity (Wildman–Crippen MR) is 92.2 cm³/mol. The minimum atomic E-state index is -0.662. The van der Waals surface area contributed by atoms with Crippen LogP contribution >= 0.6 is 11.8 Å². The third kappa shape index (κ3) is 6.48. The lowest BCUT2D eigenvalue weighted by Gasteiger charge is -2.30. The molecule has 0 bridgehead atoms. The van der Waals surface area contributed by atoms with Crippen LogP contribution in [0.1, 0.15) is 39.0 Å². The Morgan fingerprint density at radius 1 is 1.45 bits per heavy atom. The van der Waals surface area contributed by atoms with Crippen molar-refractivity contribution in [1.29, 1.82) is 0 Å². The number of guanidine groups is 1. The zero-order valence-electron chi connectivity index (χ0n) is 13.0. The predicted octanol–water partition coefficient (Wildman–Crippen LogP) is 1.98. The van der Waals surface area contributed by atoms with Gasteiger partial charge in [0.1, 0.15) is 0 Å². The summed E-state index contributed by atoms with van der Waals surface area (Å²) >= 11 is 1.87. The molecule has 20 heavy (non-hydrogen) atoms. The highest BCUT2D eigenvalue weighted by molar-refractivity contribution is 7.98. The van der Waals surface area contributed by atoms with E-state index in [1.54, 1.807) is 0 Å². The van der Waals surface area contributed by atoms with Crippen LogP contribution in [0.2, 0.25) is 0 Å². The van der Waals surface area contributed by atoms with Gasteiger partial charge in [-0.1, -0.05) is 13.3 Å². The van der Waals surface area contributed by atoms with Crippen molar-refractivity contribution in [2.45, 2.75) is 50.3 Å². The molecule has 0 saturated heterocycles. The smallest absolute Gasteiger partial charge is 0.191 e. The van der Waals surface area contributed by atoms with E-state index in [1.807, 2.05) is 25.7 Å². The summed E-state index contributed by atoms with van der Waals surface area (Å²) in [6.07, 6.45) is 7.71. The van der Waals surface area contributed by atoms with Crippen LogP contribution in [0.25, 0.3) is 0 Å². The summed E-state index contributed by atoms with van der Waals surface area (Å²) < 4.78 is 11.9. The molecule has 0 heterocycles. The van der Waals surface area contributed by atoms with Gasteiger partial charge in [0.2, 0.25) is 0 Å². The van der Waals surface area contributed by atoms with Crippen LogP contribution < -0.4 is 10.6 Å². The zero-order valence-corrected chi connectivity index (χ0v) is 14.6. The number of aliphatic imine (C=N–C) groups is 1. The van der Waals surface area contributed by atoms with Crippen LogP contribution in [0, 0.1) is 0 Å². The lowest BCUT2D eigenvalue weighted by molar-refractivity contribution is 0.413. The lowest BCUT2D eigenvalue weighted by atomic mass is 9.95. The normalized spacial score (nSPS) is 25.2. The molecule has 0 spiro atoms. The van der Waals surface area contributed by atoms with Crippen molar-refractivity contribution in [3.05, 3.63) is 0 Å². The van der Waals surface area contributed by atoms with Crippen molar-refractivity contribution in [2.24, 2.45) is 4.99 Å². The number of hydrogen-bond donors (Lipinski definition) is 2. The SMILES string of the molecule is CCS(=O)C1CCCC(NC(=NC)NCCCSC)C1. The maximum absolute atomic E-state index is 11.9. The summed E-state index contributed by atoms with van der Waals surface area (Å²) in [6.45, 7) is 2.97. The molecular weight excluding hydrogens is 290 g/mol. The van der Waals surface area contributed by atoms with Gasteiger partial charge in [0.25, 0.3) is 0 Å². The maximum atomic E-state index is 11.9. The standard InChI is InChI=1S/C14H29N3OS2/c1-4-20(18)13-8-5-7-12(11-13)17-14(15-2)16-9-6-10-19-3/h12-13H,4-11H2,1-3H3,(H2,15,16,17). The molecule has 0 aromatic carbocycles. The summed E-state index contributed by atoms with van der Waals surface area (Å²) in [5.41, 5.74) is 0. The number of rotatable bonds is 7. The van der Waals surface area contributed by atoms with Crippen LogP contribution in [-0.4, -0.2) is 52.8 Å². The van der Waals surface area contributed by atoms with E-state index in [4.69, 9.17) is 0 Å². The average Bonchev–Trinajstić information content (AvgIpc) is 2.49. The van der Waals surface area contributed by atoms with Crippen molar-refractivity contribution in [2.75, 3.05) is 31.4 Å². The van der Waals surface area contributed by atoms with Gasteiger partial charge >= 0.3 is 0 Å². The summed E-state index contributed by atoms with van der Waals surface area (Å²) in [4.78, 5) is 4.28. The third-order valence-corrected chi connectivity index (χ3v) is 6.10. The van der Waals surface area contributed by atoms with Gasteiger partial charge in [-0.2, -0.15) is 11.8 Å². The van der Waals surface area contributed by atoms with Crippen molar-refractivity contribution in [3.8, 4) is 0 Å². The second-order valence-electron chi connectivity index (χ2n) is 5.14. The lowest BCUT2D eigenvalue weighted by Crippen LogP contribution is -2.46. The number of nitrogens with one attached hydrogen (secondary N) is 2. The Bertz CT molecular complexity index is 324. The molecule has 2 N–H and O–H groups in total. The van der Waals surface area contributed by atoms with E-state index in [-0.39, 0.29) is 0 Å². The van der Waals surface area contributed by atoms with Crippen LogP contribution in [0.15, 0.2) is 4.99 Å². The number of thioether (sulfide) groups is 1. The minimum absolute atomic E-state index is 0.362. The molecule has 0 radical (unpaired) electrons. The monoisotopic (exact) mass is 319 g/mol. The summed E-state index contributed by atoms with van der Waals surface area (Å²) in [6, 6.07) is 0.413. The van der Waals surface area contributed by atoms with Gasteiger partial charge in [0.05, 0.1) is 0 Å². The van der Waals surface area contributed by atoms with Crippen molar-refractivity contribution < 1.29 is 4.21 Å². The molecule has 0 aliphatic heterocycles. The highest BCUT2D eigenvalue weighted by Gasteiger charge is 2.25. The molecule has 0 aromatic rings. The molecule has 1 fully saturated rings. The van der Waals surface area contributed by atoms with E-state index < -0.39 is 10.8 Å². The second-order valence-corrected chi connectivity index (χ2v) is 8.14. The second kappa shape index (κ2) is 10.5. The molecule has 1 rings (SSSR count). The first-order valence-corrected chi connectivity index (χ1v) is 10.3. The van der Waals surface area contributed by atoms with Crippen LogP contribution in [0.3, 0.4) is 0 Å². The molecule has 1 aliphatic carbocycles. The first kappa shape index (κ1) is 17.8. The van der Waals surface area contributed by atoms with E-state index in [9.17, 15) is 4.21 Å². The van der Waals surface area contributed by atoms with Crippen molar-refractivity contribution in [1.82, 2.24) is 10.6 Å². The van der Waals surface area contributed by atoms with Crippen LogP contribution in [0.5, 0.6) is 0 Å². The van der Waals surface area contributed by atoms with Gasteiger partial charge in [-0.3, -0.25) is 9.20 Å². The molecule has 1 aliphatic rings. The first-order chi connectivity index (χ1) is 9.71. The van der Waals surface area contributed by atoms with Crippen molar-refractivity contribution >= 4 is 28.5 Å². The molecule has 4 nitrogen and oxygen atoms in total. The van der Waals surface area contributed by atoms with E-state index in [0.717, 1.165) is 50.4 Å². The molecule has 1 saturated carbocycles. The largest absolute Gasteiger partial charge is 0.356 e. The maximum Gasteiger partial charge on any atom is 0.191 e. The first-order valence-electron chi connectivity index (χ1n) is 7.54. The fraction of sp³-hybridized carbons (Fsp3) is 0.929. The average molecular weight is 320 g/mol. The van der Waals surface area contributed by atoms with E-state index in [0.29, 0.717) is 11.3 Å². The van der Waals surface area contributed by atoms with Gasteiger partial charge in [-0.15, -0.1) is 0 Å². The topological polar surface area (TPSA) is 53.5 Å². The van der Waals surface area contributed by atoms with Gasteiger partial charge < -0.3 is 10.6 Å². The Balaban J connectivity index is 2.35. The highest BCUT2D eigenvalue weighted by Crippen LogP contribution is 2.22. The third-order valence-electron chi connectivity index (χ3n) is 3.66. The number of nitrogens with zero attached hydrogens (tertiary/aromatic N) is 1. The molecule has 6 heteroatoms. The van der Waals surface area contributed by atoms with Crippen LogP contribution in [-0.2, 0) is 10.8 Å². The Labute approximate surface area is 130 Å². The Morgan fingerprint density at radius 3 is 2.90 bits per heavy atom. The fourth-order valence-electron chi connectivity index (χ4n) is 2.56. The molecule has 3 unspecified atom stereocenters. The van der Waals surface area contributed by atoms with Gasteiger partial charge in [0, 0.05) is 41.4 Å². The fourth-order valence-corrected chi connectivity index (χ4v) is 4.34. The molecular formula is C14H29N3OS2.